The maximum absolute atomic E-state index is 13.0. The molecule has 2 aliphatic carbocycles. The summed E-state index contributed by atoms with van der Waals surface area (Å²) in [5.41, 5.74) is 2.36. The Morgan fingerprint density at radius 2 is 2.06 bits per heavy atom. The van der Waals surface area contributed by atoms with Gasteiger partial charge in [0.15, 0.2) is 5.16 Å². The molecule has 0 spiro atoms. The first-order chi connectivity index (χ1) is 15.2. The van der Waals surface area contributed by atoms with E-state index in [9.17, 15) is 14.9 Å². The Morgan fingerprint density at radius 3 is 2.87 bits per heavy atom. The molecule has 0 aliphatic heterocycles. The van der Waals surface area contributed by atoms with Crippen LogP contribution in [0, 0.1) is 11.3 Å². The minimum absolute atomic E-state index is 0.0372. The van der Waals surface area contributed by atoms with E-state index in [1.54, 1.807) is 10.6 Å². The molecule has 31 heavy (non-hydrogen) atoms. The van der Waals surface area contributed by atoms with Gasteiger partial charge in [-0.3, -0.25) is 14.2 Å². The van der Waals surface area contributed by atoms with Gasteiger partial charge >= 0.3 is 0 Å². The van der Waals surface area contributed by atoms with Crippen LogP contribution in [0.1, 0.15) is 54.1 Å². The quantitative estimate of drug-likeness (QED) is 0.347. The van der Waals surface area contributed by atoms with Crippen molar-refractivity contribution in [2.45, 2.75) is 56.1 Å². The van der Waals surface area contributed by atoms with E-state index in [1.807, 2.05) is 18.2 Å². The number of thiophene rings is 1. The summed E-state index contributed by atoms with van der Waals surface area (Å²) in [7, 11) is 0. The van der Waals surface area contributed by atoms with Crippen molar-refractivity contribution in [1.82, 2.24) is 9.55 Å². The molecule has 5 rings (SSSR count). The van der Waals surface area contributed by atoms with Gasteiger partial charge in [-0.15, -0.1) is 11.3 Å². The highest BCUT2D eigenvalue weighted by Gasteiger charge is 2.29. The summed E-state index contributed by atoms with van der Waals surface area (Å²) in [6.45, 7) is 0. The molecule has 1 fully saturated rings. The molecule has 6 nitrogen and oxygen atoms in total. The van der Waals surface area contributed by atoms with Crippen LogP contribution in [0.15, 0.2) is 34.2 Å². The van der Waals surface area contributed by atoms with Crippen LogP contribution in [0.5, 0.6) is 0 Å². The lowest BCUT2D eigenvalue weighted by atomic mass is 10.1. The predicted molar refractivity (Wildman–Crippen MR) is 124 cm³/mol. The Kier molecular flexibility index (Phi) is 5.55. The summed E-state index contributed by atoms with van der Waals surface area (Å²) >= 11 is 2.82. The second-order valence-corrected chi connectivity index (χ2v) is 10.1. The third-order valence-corrected chi connectivity index (χ3v) is 7.97. The molecule has 1 aromatic carbocycles. The Morgan fingerprint density at radius 1 is 1.26 bits per heavy atom. The van der Waals surface area contributed by atoms with Crippen LogP contribution in [-0.4, -0.2) is 21.2 Å². The average molecular weight is 451 g/mol. The van der Waals surface area contributed by atoms with Gasteiger partial charge in [0.2, 0.25) is 5.91 Å². The zero-order valence-corrected chi connectivity index (χ0v) is 18.7. The summed E-state index contributed by atoms with van der Waals surface area (Å²) < 4.78 is 1.74. The number of aromatic nitrogens is 2. The fourth-order valence-electron chi connectivity index (χ4n) is 4.12. The van der Waals surface area contributed by atoms with Gasteiger partial charge in [0.25, 0.3) is 5.56 Å². The van der Waals surface area contributed by atoms with Crippen LogP contribution in [-0.2, 0) is 17.6 Å². The summed E-state index contributed by atoms with van der Waals surface area (Å²) in [6, 6.07) is 9.81. The molecule has 1 N–H and O–H groups in total. The molecule has 0 unspecified atom stereocenters. The number of hydrogen-bond donors (Lipinski definition) is 1. The second-order valence-electron chi connectivity index (χ2n) is 8.04. The summed E-state index contributed by atoms with van der Waals surface area (Å²) in [5, 5.41) is 14.5. The molecule has 0 bridgehead atoms. The van der Waals surface area contributed by atoms with E-state index in [4.69, 9.17) is 0 Å². The van der Waals surface area contributed by atoms with Crippen molar-refractivity contribution >= 4 is 44.9 Å². The van der Waals surface area contributed by atoms with E-state index < -0.39 is 0 Å². The van der Waals surface area contributed by atoms with Gasteiger partial charge < -0.3 is 5.32 Å². The van der Waals surface area contributed by atoms with E-state index in [1.165, 1.54) is 34.4 Å². The van der Waals surface area contributed by atoms with Gasteiger partial charge in [0.1, 0.15) is 11.1 Å². The van der Waals surface area contributed by atoms with Crippen LogP contribution in [0.2, 0.25) is 0 Å². The van der Waals surface area contributed by atoms with Crippen LogP contribution < -0.4 is 10.9 Å². The van der Waals surface area contributed by atoms with Gasteiger partial charge in [0, 0.05) is 10.9 Å². The number of fused-ring (bicyclic) bond motifs is 2. The third-order valence-electron chi connectivity index (χ3n) is 5.81. The Balaban J connectivity index is 1.36. The maximum atomic E-state index is 13.0. The molecular weight excluding hydrogens is 428 g/mol. The largest absolute Gasteiger partial charge is 0.316 e. The Bertz CT molecular complexity index is 1270. The van der Waals surface area contributed by atoms with Gasteiger partial charge in [-0.2, -0.15) is 5.26 Å². The predicted octanol–water partition coefficient (Wildman–Crippen LogP) is 4.66. The molecule has 8 heteroatoms. The van der Waals surface area contributed by atoms with E-state index in [-0.39, 0.29) is 23.3 Å². The molecule has 2 heterocycles. The number of carbonyl (C=O) groups excluding carboxylic acids is 1. The number of amides is 1. The van der Waals surface area contributed by atoms with Crippen LogP contribution in [0.25, 0.3) is 10.9 Å². The lowest BCUT2D eigenvalue weighted by Gasteiger charge is -2.12. The first-order valence-corrected chi connectivity index (χ1v) is 12.4. The number of para-hydroxylation sites is 1. The van der Waals surface area contributed by atoms with E-state index in [2.05, 4.69) is 16.4 Å². The molecule has 1 saturated carbocycles. The Hall–Kier alpha value is -2.63. The highest BCUT2D eigenvalue weighted by molar-refractivity contribution is 7.99. The van der Waals surface area contributed by atoms with Gasteiger partial charge in [-0.05, 0) is 56.2 Å². The van der Waals surface area contributed by atoms with Crippen molar-refractivity contribution in [3.63, 3.8) is 0 Å². The fraction of sp³-hybridized carbons (Fsp3) is 0.391. The fourth-order valence-corrected chi connectivity index (χ4v) is 6.25. The molecular formula is C23H22N4O2S2. The number of aryl methyl sites for hydroxylation is 1. The SMILES string of the molecule is N#Cc1c(NC(=O)CSc2nc3ccccc3c(=O)n2C2CC2)sc2c1CCCCC2. The number of nitriles is 1. The summed E-state index contributed by atoms with van der Waals surface area (Å²) in [5.74, 6) is -0.0343. The third kappa shape index (κ3) is 4.00. The number of nitrogens with zero attached hydrogens (tertiary/aromatic N) is 3. The normalized spacial score (nSPS) is 15.8. The van der Waals surface area contributed by atoms with E-state index in [0.717, 1.165) is 44.1 Å². The lowest BCUT2D eigenvalue weighted by Crippen LogP contribution is -2.23. The van der Waals surface area contributed by atoms with Crippen LogP contribution in [0.4, 0.5) is 5.00 Å². The van der Waals surface area contributed by atoms with Gasteiger partial charge in [-0.25, -0.2) is 4.98 Å². The van der Waals surface area contributed by atoms with Crippen molar-refractivity contribution in [1.29, 1.82) is 5.26 Å². The molecule has 0 atom stereocenters. The highest BCUT2D eigenvalue weighted by Crippen LogP contribution is 2.38. The lowest BCUT2D eigenvalue weighted by molar-refractivity contribution is -0.113. The van der Waals surface area contributed by atoms with Crippen molar-refractivity contribution in [3.05, 3.63) is 50.6 Å². The molecule has 0 saturated heterocycles. The second kappa shape index (κ2) is 8.48. The monoisotopic (exact) mass is 450 g/mol. The standard InChI is InChI=1S/C23H22N4O2S2/c24-12-17-15-6-2-1-3-9-19(15)31-21(17)26-20(28)13-30-23-25-18-8-5-4-7-16(18)22(29)27(23)14-10-11-14/h4-5,7-8,14H,1-3,6,9-11,13H2,(H,26,28). The van der Waals surface area contributed by atoms with Crippen molar-refractivity contribution in [3.8, 4) is 6.07 Å². The van der Waals surface area contributed by atoms with E-state index >= 15 is 0 Å². The number of nitrogens with one attached hydrogen (secondary N) is 1. The molecule has 2 aliphatic rings. The zero-order valence-electron chi connectivity index (χ0n) is 17.0. The molecule has 2 aromatic heterocycles. The maximum Gasteiger partial charge on any atom is 0.262 e. The smallest absolute Gasteiger partial charge is 0.262 e. The molecule has 3 aromatic rings. The number of thioether (sulfide) groups is 1. The van der Waals surface area contributed by atoms with E-state index in [0.29, 0.717) is 26.6 Å². The highest BCUT2D eigenvalue weighted by atomic mass is 32.2. The van der Waals surface area contributed by atoms with Gasteiger partial charge in [0.05, 0.1) is 22.2 Å². The molecule has 0 radical (unpaired) electrons. The number of anilines is 1. The first-order valence-electron chi connectivity index (χ1n) is 10.6. The number of rotatable bonds is 5. The number of hydrogen-bond acceptors (Lipinski definition) is 6. The van der Waals surface area contributed by atoms with Crippen molar-refractivity contribution < 1.29 is 4.79 Å². The van der Waals surface area contributed by atoms with Crippen molar-refractivity contribution in [2.75, 3.05) is 11.1 Å². The molecule has 158 valence electrons. The molecule has 1 amide bonds. The van der Waals surface area contributed by atoms with Crippen LogP contribution in [0.3, 0.4) is 0 Å². The first kappa shape index (κ1) is 20.3. The average Bonchev–Trinajstić information content (AvgIpc) is 3.58. The van der Waals surface area contributed by atoms with Crippen LogP contribution >= 0.6 is 23.1 Å². The summed E-state index contributed by atoms with van der Waals surface area (Å²) in [6.07, 6.45) is 7.23. The topological polar surface area (TPSA) is 87.8 Å². The summed E-state index contributed by atoms with van der Waals surface area (Å²) in [4.78, 5) is 31.6. The zero-order chi connectivity index (χ0) is 21.4. The number of benzene rings is 1. The van der Waals surface area contributed by atoms with Crippen molar-refractivity contribution in [2.24, 2.45) is 0 Å². The Labute approximate surface area is 188 Å². The minimum Gasteiger partial charge on any atom is -0.316 e. The minimum atomic E-state index is -0.178. The van der Waals surface area contributed by atoms with Gasteiger partial charge in [-0.1, -0.05) is 30.3 Å². The number of carbonyl (C=O) groups is 1.